The molecule has 0 atom stereocenters. The molecule has 112 valence electrons. The van der Waals surface area contributed by atoms with Gasteiger partial charge in [-0.1, -0.05) is 59.6 Å². The lowest BCUT2D eigenvalue weighted by atomic mass is 10.2. The normalized spacial score (nSPS) is 11.7. The fourth-order valence-corrected chi connectivity index (χ4v) is 1.96. The van der Waals surface area contributed by atoms with Gasteiger partial charge >= 0.3 is 0 Å². The molecule has 22 heavy (non-hydrogen) atoms. The summed E-state index contributed by atoms with van der Waals surface area (Å²) in [5.74, 6) is -0.342. The number of hydrogen-bond acceptors (Lipinski definition) is 2. The summed E-state index contributed by atoms with van der Waals surface area (Å²) in [6, 6.07) is 14.5. The average Bonchev–Trinajstić information content (AvgIpc) is 2.54. The van der Waals surface area contributed by atoms with Crippen molar-refractivity contribution in [2.45, 2.75) is 6.92 Å². The first kappa shape index (κ1) is 16.3. The number of benzene rings is 2. The van der Waals surface area contributed by atoms with Crippen LogP contribution in [0.3, 0.4) is 0 Å². The number of carbonyl (C=O) groups is 1. The maximum atomic E-state index is 11.9. The Balaban J connectivity index is 1.99. The Labute approximate surface area is 139 Å². The van der Waals surface area contributed by atoms with Gasteiger partial charge in [-0.3, -0.25) is 4.79 Å². The summed E-state index contributed by atoms with van der Waals surface area (Å²) in [5.41, 5.74) is 4.62. The van der Waals surface area contributed by atoms with E-state index in [2.05, 4.69) is 10.5 Å². The van der Waals surface area contributed by atoms with Crippen LogP contribution < -0.4 is 5.43 Å². The van der Waals surface area contributed by atoms with E-state index in [0.717, 1.165) is 5.56 Å². The number of hydrazone groups is 1. The molecule has 0 bridgehead atoms. The van der Waals surface area contributed by atoms with Gasteiger partial charge in [-0.05, 0) is 36.8 Å². The predicted molar refractivity (Wildman–Crippen MR) is 92.5 cm³/mol. The van der Waals surface area contributed by atoms with Crippen molar-refractivity contribution in [3.8, 4) is 0 Å². The second kappa shape index (κ2) is 7.78. The van der Waals surface area contributed by atoms with Crippen molar-refractivity contribution in [2.24, 2.45) is 5.10 Å². The molecular weight excluding hydrogens is 319 g/mol. The van der Waals surface area contributed by atoms with E-state index in [1.165, 1.54) is 6.07 Å². The monoisotopic (exact) mass is 332 g/mol. The summed E-state index contributed by atoms with van der Waals surface area (Å²) in [5, 5.41) is 4.76. The lowest BCUT2D eigenvalue weighted by Crippen LogP contribution is -2.18. The van der Waals surface area contributed by atoms with Crippen LogP contribution in [0.4, 0.5) is 0 Å². The summed E-state index contributed by atoms with van der Waals surface area (Å²) in [7, 11) is 0. The number of halogens is 2. The van der Waals surface area contributed by atoms with E-state index in [1.54, 1.807) is 19.1 Å². The van der Waals surface area contributed by atoms with Crippen molar-refractivity contribution in [1.29, 1.82) is 0 Å². The molecular formula is C17H14Cl2N2O. The van der Waals surface area contributed by atoms with Gasteiger partial charge in [0.1, 0.15) is 0 Å². The van der Waals surface area contributed by atoms with Crippen LogP contribution in [0.5, 0.6) is 0 Å². The summed E-state index contributed by atoms with van der Waals surface area (Å²) in [6.07, 6.45) is 3.74. The molecule has 0 saturated carbocycles. The Morgan fingerprint density at radius 1 is 1.09 bits per heavy atom. The minimum atomic E-state index is -0.342. The molecule has 2 aromatic carbocycles. The first-order valence-electron chi connectivity index (χ1n) is 6.59. The second-order valence-corrected chi connectivity index (χ2v) is 5.38. The molecule has 1 N–H and O–H groups in total. The van der Waals surface area contributed by atoms with E-state index in [-0.39, 0.29) is 5.91 Å². The Morgan fingerprint density at radius 2 is 1.82 bits per heavy atom. The molecule has 0 heterocycles. The highest BCUT2D eigenvalue weighted by Gasteiger charge is 2.06. The van der Waals surface area contributed by atoms with Gasteiger partial charge in [0.15, 0.2) is 0 Å². The third-order valence-electron chi connectivity index (χ3n) is 2.83. The van der Waals surface area contributed by atoms with Crippen molar-refractivity contribution in [3.63, 3.8) is 0 Å². The van der Waals surface area contributed by atoms with E-state index in [0.29, 0.717) is 21.3 Å². The van der Waals surface area contributed by atoms with Gasteiger partial charge in [-0.2, -0.15) is 5.10 Å². The van der Waals surface area contributed by atoms with Crippen molar-refractivity contribution in [3.05, 3.63) is 75.8 Å². The number of rotatable bonds is 4. The van der Waals surface area contributed by atoms with Crippen LogP contribution in [0.15, 0.2) is 59.7 Å². The molecule has 3 nitrogen and oxygen atoms in total. The number of nitrogens with zero attached hydrogens (tertiary/aromatic N) is 1. The first-order valence-corrected chi connectivity index (χ1v) is 7.34. The molecule has 0 spiro atoms. The molecule has 1 amide bonds. The van der Waals surface area contributed by atoms with Gasteiger partial charge < -0.3 is 0 Å². The van der Waals surface area contributed by atoms with Gasteiger partial charge in [0.25, 0.3) is 5.91 Å². The zero-order chi connectivity index (χ0) is 15.9. The number of amides is 1. The first-order chi connectivity index (χ1) is 10.6. The van der Waals surface area contributed by atoms with Crippen LogP contribution in [0, 0.1) is 0 Å². The summed E-state index contributed by atoms with van der Waals surface area (Å²) in [6.45, 7) is 1.80. The highest BCUT2D eigenvalue weighted by Crippen LogP contribution is 2.22. The minimum absolute atomic E-state index is 0.332. The molecule has 0 aromatic heterocycles. The second-order valence-electron chi connectivity index (χ2n) is 4.57. The fraction of sp³-hybridized carbons (Fsp3) is 0.0588. The number of hydrogen-bond donors (Lipinski definition) is 1. The summed E-state index contributed by atoms with van der Waals surface area (Å²) < 4.78 is 0. The third kappa shape index (κ3) is 4.72. The third-order valence-corrected chi connectivity index (χ3v) is 3.57. The van der Waals surface area contributed by atoms with Crippen molar-refractivity contribution in [1.82, 2.24) is 5.43 Å². The Kier molecular flexibility index (Phi) is 5.75. The van der Waals surface area contributed by atoms with Crippen LogP contribution in [0.2, 0.25) is 10.0 Å². The molecule has 0 aliphatic heterocycles. The number of nitrogens with one attached hydrogen (secondary N) is 1. The molecule has 0 aliphatic rings. The molecule has 0 radical (unpaired) electrons. The standard InChI is InChI=1S/C17H14Cl2N2O/c1-12(7-8-13-5-3-2-4-6-13)20-21-17(22)14-9-10-15(18)16(19)11-14/h2-11H,1H3,(H,21,22)/b8-7+,20-12-. The minimum Gasteiger partial charge on any atom is -0.267 e. The molecule has 0 saturated heterocycles. The van der Waals surface area contributed by atoms with Crippen molar-refractivity contribution in [2.75, 3.05) is 0 Å². The average molecular weight is 333 g/mol. The van der Waals surface area contributed by atoms with Gasteiger partial charge in [0.2, 0.25) is 0 Å². The molecule has 2 aromatic rings. The van der Waals surface area contributed by atoms with E-state index in [9.17, 15) is 4.79 Å². The molecule has 0 aliphatic carbocycles. The van der Waals surface area contributed by atoms with Crippen molar-refractivity contribution < 1.29 is 4.79 Å². The lowest BCUT2D eigenvalue weighted by molar-refractivity contribution is 0.0955. The fourth-order valence-electron chi connectivity index (χ4n) is 1.66. The van der Waals surface area contributed by atoms with Crippen LogP contribution in [-0.4, -0.2) is 11.6 Å². The lowest BCUT2D eigenvalue weighted by Gasteiger charge is -2.02. The maximum absolute atomic E-state index is 11.9. The Bertz CT molecular complexity index is 725. The van der Waals surface area contributed by atoms with E-state index in [1.807, 2.05) is 42.5 Å². The topological polar surface area (TPSA) is 41.5 Å². The summed E-state index contributed by atoms with van der Waals surface area (Å²) in [4.78, 5) is 11.9. The predicted octanol–water partition coefficient (Wildman–Crippen LogP) is 4.81. The molecule has 0 unspecified atom stereocenters. The van der Waals surface area contributed by atoms with Gasteiger partial charge in [-0.15, -0.1) is 0 Å². The highest BCUT2D eigenvalue weighted by molar-refractivity contribution is 6.42. The summed E-state index contributed by atoms with van der Waals surface area (Å²) >= 11 is 11.7. The van der Waals surface area contributed by atoms with E-state index >= 15 is 0 Å². The van der Waals surface area contributed by atoms with Gasteiger partial charge in [-0.25, -0.2) is 5.43 Å². The highest BCUT2D eigenvalue weighted by atomic mass is 35.5. The van der Waals surface area contributed by atoms with E-state index < -0.39 is 0 Å². The van der Waals surface area contributed by atoms with Crippen LogP contribution >= 0.6 is 23.2 Å². The molecule has 0 fully saturated rings. The zero-order valence-corrected chi connectivity index (χ0v) is 13.4. The Hall–Kier alpha value is -2.10. The molecule has 2 rings (SSSR count). The number of allylic oxidation sites excluding steroid dienone is 1. The SMILES string of the molecule is CC(/C=C/c1ccccc1)=N/NC(=O)c1ccc(Cl)c(Cl)c1. The smallest absolute Gasteiger partial charge is 0.267 e. The Morgan fingerprint density at radius 3 is 2.50 bits per heavy atom. The van der Waals surface area contributed by atoms with Crippen molar-refractivity contribution >= 4 is 40.9 Å². The largest absolute Gasteiger partial charge is 0.271 e. The van der Waals surface area contributed by atoms with Crippen LogP contribution in [-0.2, 0) is 0 Å². The van der Waals surface area contributed by atoms with Crippen LogP contribution in [0.1, 0.15) is 22.8 Å². The van der Waals surface area contributed by atoms with Gasteiger partial charge in [0.05, 0.1) is 15.8 Å². The quantitative estimate of drug-likeness (QED) is 0.633. The van der Waals surface area contributed by atoms with Gasteiger partial charge in [0, 0.05) is 5.56 Å². The zero-order valence-electron chi connectivity index (χ0n) is 11.9. The number of carbonyl (C=O) groups excluding carboxylic acids is 1. The van der Waals surface area contributed by atoms with Crippen LogP contribution in [0.25, 0.3) is 6.08 Å². The maximum Gasteiger partial charge on any atom is 0.271 e. The van der Waals surface area contributed by atoms with E-state index in [4.69, 9.17) is 23.2 Å². The molecule has 5 heteroatoms.